The van der Waals surface area contributed by atoms with Crippen molar-refractivity contribution >= 4 is 0 Å². The molecule has 0 saturated carbocycles. The number of hydrogen-bond donors (Lipinski definition) is 1. The van der Waals surface area contributed by atoms with E-state index in [1.54, 1.807) is 0 Å². The average molecular weight is 155 g/mol. The molecule has 0 aromatic heterocycles. The molecule has 2 nitrogen and oxygen atoms in total. The van der Waals surface area contributed by atoms with Crippen LogP contribution in [-0.4, -0.2) is 36.2 Å². The molecule has 1 aliphatic rings. The molecule has 0 aromatic carbocycles. The molecule has 0 spiro atoms. The summed E-state index contributed by atoms with van der Waals surface area (Å²) < 4.78 is 0. The van der Waals surface area contributed by atoms with E-state index < -0.39 is 0 Å². The molecule has 0 aromatic rings. The van der Waals surface area contributed by atoms with Crippen molar-refractivity contribution < 1.29 is 5.11 Å². The number of rotatable bonds is 2. The molecule has 0 radical (unpaired) electrons. The number of likely N-dealkylation sites (N-methyl/N-ethyl adjacent to an activating group) is 1. The molecule has 1 unspecified atom stereocenters. The Hall–Kier alpha value is -0.340. The largest absolute Gasteiger partial charge is 0.392 e. The van der Waals surface area contributed by atoms with E-state index in [0.29, 0.717) is 6.04 Å². The fourth-order valence-corrected chi connectivity index (χ4v) is 1.70. The Labute approximate surface area is 68.5 Å². The van der Waals surface area contributed by atoms with Gasteiger partial charge >= 0.3 is 0 Å². The zero-order valence-corrected chi connectivity index (χ0v) is 7.21. The number of likely N-dealkylation sites (tertiary alicyclic amines) is 1. The third kappa shape index (κ3) is 2.04. The van der Waals surface area contributed by atoms with Crippen LogP contribution in [0.1, 0.15) is 19.3 Å². The molecular weight excluding hydrogens is 138 g/mol. The lowest BCUT2D eigenvalue weighted by Crippen LogP contribution is -2.38. The predicted octanol–water partition coefficient (Wildman–Crippen LogP) is 1.02. The van der Waals surface area contributed by atoms with Gasteiger partial charge < -0.3 is 5.11 Å². The first-order valence-corrected chi connectivity index (χ1v) is 4.24. The van der Waals surface area contributed by atoms with Crippen LogP contribution in [0.5, 0.6) is 0 Å². The Balaban J connectivity index is 2.47. The Bertz CT molecular complexity index is 144. The van der Waals surface area contributed by atoms with Gasteiger partial charge in [0.2, 0.25) is 0 Å². The molecule has 0 bridgehead atoms. The van der Waals surface area contributed by atoms with Crippen molar-refractivity contribution in [2.75, 3.05) is 20.2 Å². The lowest BCUT2D eigenvalue weighted by atomic mass is 9.97. The van der Waals surface area contributed by atoms with Crippen molar-refractivity contribution in [1.82, 2.24) is 4.90 Å². The monoisotopic (exact) mass is 155 g/mol. The number of hydrogen-bond acceptors (Lipinski definition) is 2. The van der Waals surface area contributed by atoms with Crippen LogP contribution in [0.3, 0.4) is 0 Å². The fourth-order valence-electron chi connectivity index (χ4n) is 1.70. The number of aliphatic hydroxyl groups excluding tert-OH is 1. The summed E-state index contributed by atoms with van der Waals surface area (Å²) in [7, 11) is 2.10. The molecule has 1 N–H and O–H groups in total. The second-order valence-electron chi connectivity index (χ2n) is 3.31. The van der Waals surface area contributed by atoms with Gasteiger partial charge in [-0.1, -0.05) is 13.0 Å². The smallest absolute Gasteiger partial charge is 0.0654 e. The highest BCUT2D eigenvalue weighted by Gasteiger charge is 2.20. The van der Waals surface area contributed by atoms with E-state index in [-0.39, 0.29) is 6.61 Å². The van der Waals surface area contributed by atoms with E-state index in [4.69, 9.17) is 5.11 Å². The highest BCUT2D eigenvalue weighted by molar-refractivity contribution is 5.06. The topological polar surface area (TPSA) is 23.5 Å². The second kappa shape index (κ2) is 3.88. The van der Waals surface area contributed by atoms with Crippen molar-refractivity contribution in [2.45, 2.75) is 25.3 Å². The van der Waals surface area contributed by atoms with E-state index in [0.717, 1.165) is 18.5 Å². The third-order valence-corrected chi connectivity index (χ3v) is 2.44. The van der Waals surface area contributed by atoms with Gasteiger partial charge in [-0.15, -0.1) is 0 Å². The van der Waals surface area contributed by atoms with E-state index >= 15 is 0 Å². The maximum Gasteiger partial charge on any atom is 0.0654 e. The Morgan fingerprint density at radius 3 is 2.91 bits per heavy atom. The van der Waals surface area contributed by atoms with Gasteiger partial charge in [-0.2, -0.15) is 0 Å². The number of piperidine rings is 1. The van der Waals surface area contributed by atoms with Crippen LogP contribution in [0.25, 0.3) is 0 Å². The van der Waals surface area contributed by atoms with Gasteiger partial charge in [0.1, 0.15) is 0 Å². The van der Waals surface area contributed by atoms with E-state index in [2.05, 4.69) is 18.5 Å². The summed E-state index contributed by atoms with van der Waals surface area (Å²) in [4.78, 5) is 2.28. The molecule has 0 amide bonds. The number of aliphatic hydroxyl groups is 1. The fraction of sp³-hybridized carbons (Fsp3) is 0.778. The van der Waals surface area contributed by atoms with Crippen LogP contribution in [0.15, 0.2) is 12.2 Å². The van der Waals surface area contributed by atoms with E-state index in [1.165, 1.54) is 12.8 Å². The molecule has 1 atom stereocenters. The number of nitrogens with zero attached hydrogens (tertiary/aromatic N) is 1. The normalized spacial score (nSPS) is 26.9. The van der Waals surface area contributed by atoms with Crippen molar-refractivity contribution in [3.05, 3.63) is 12.2 Å². The Kier molecular flexibility index (Phi) is 3.09. The highest BCUT2D eigenvalue weighted by Crippen LogP contribution is 2.19. The van der Waals surface area contributed by atoms with Crippen LogP contribution >= 0.6 is 0 Å². The maximum absolute atomic E-state index is 8.88. The SMILES string of the molecule is C=C(CO)C1CCCCN1C. The Morgan fingerprint density at radius 2 is 2.36 bits per heavy atom. The summed E-state index contributed by atoms with van der Waals surface area (Å²) in [5.74, 6) is 0. The third-order valence-electron chi connectivity index (χ3n) is 2.44. The lowest BCUT2D eigenvalue weighted by Gasteiger charge is -2.33. The van der Waals surface area contributed by atoms with Crippen LogP contribution < -0.4 is 0 Å². The van der Waals surface area contributed by atoms with Crippen LogP contribution in [0.2, 0.25) is 0 Å². The first-order valence-electron chi connectivity index (χ1n) is 4.24. The molecule has 0 aliphatic carbocycles. The molecule has 2 heteroatoms. The quantitative estimate of drug-likeness (QED) is 0.602. The van der Waals surface area contributed by atoms with E-state index in [1.807, 2.05) is 0 Å². The van der Waals surface area contributed by atoms with Gasteiger partial charge in [0.05, 0.1) is 6.61 Å². The molecule has 1 heterocycles. The first kappa shape index (κ1) is 8.75. The standard InChI is InChI=1S/C9H17NO/c1-8(7-11)9-5-3-4-6-10(9)2/h9,11H,1,3-7H2,2H3. The molecule has 1 fully saturated rings. The lowest BCUT2D eigenvalue weighted by molar-refractivity contribution is 0.194. The molecule has 64 valence electrons. The molecule has 11 heavy (non-hydrogen) atoms. The zero-order chi connectivity index (χ0) is 8.27. The summed E-state index contributed by atoms with van der Waals surface area (Å²) in [5, 5.41) is 8.88. The summed E-state index contributed by atoms with van der Waals surface area (Å²) in [5.41, 5.74) is 0.965. The van der Waals surface area contributed by atoms with Gasteiger partial charge in [-0.3, -0.25) is 4.90 Å². The maximum atomic E-state index is 8.88. The van der Waals surface area contributed by atoms with Gasteiger partial charge in [0, 0.05) is 6.04 Å². The zero-order valence-electron chi connectivity index (χ0n) is 7.21. The predicted molar refractivity (Wildman–Crippen MR) is 46.5 cm³/mol. The van der Waals surface area contributed by atoms with Crippen molar-refractivity contribution in [2.24, 2.45) is 0 Å². The first-order chi connectivity index (χ1) is 5.25. The average Bonchev–Trinajstić information content (AvgIpc) is 2.04. The molecular formula is C9H17NO. The Morgan fingerprint density at radius 1 is 1.64 bits per heavy atom. The summed E-state index contributed by atoms with van der Waals surface area (Å²) >= 11 is 0. The van der Waals surface area contributed by atoms with Gasteiger partial charge in [-0.05, 0) is 32.0 Å². The molecule has 1 rings (SSSR count). The van der Waals surface area contributed by atoms with Crippen LogP contribution in [-0.2, 0) is 0 Å². The summed E-state index contributed by atoms with van der Waals surface area (Å²) in [6, 6.07) is 0.425. The minimum atomic E-state index is 0.134. The summed E-state index contributed by atoms with van der Waals surface area (Å²) in [6.45, 7) is 5.13. The minimum absolute atomic E-state index is 0.134. The second-order valence-corrected chi connectivity index (χ2v) is 3.31. The van der Waals surface area contributed by atoms with E-state index in [9.17, 15) is 0 Å². The summed E-state index contributed by atoms with van der Waals surface area (Å²) in [6.07, 6.45) is 3.72. The molecule has 1 saturated heterocycles. The minimum Gasteiger partial charge on any atom is -0.392 e. The van der Waals surface area contributed by atoms with Gasteiger partial charge in [0.25, 0.3) is 0 Å². The van der Waals surface area contributed by atoms with Crippen LogP contribution in [0.4, 0.5) is 0 Å². The van der Waals surface area contributed by atoms with Crippen molar-refractivity contribution in [3.63, 3.8) is 0 Å². The van der Waals surface area contributed by atoms with Crippen molar-refractivity contribution in [3.8, 4) is 0 Å². The van der Waals surface area contributed by atoms with Crippen molar-refractivity contribution in [1.29, 1.82) is 0 Å². The highest BCUT2D eigenvalue weighted by atomic mass is 16.3. The van der Waals surface area contributed by atoms with Gasteiger partial charge in [-0.25, -0.2) is 0 Å². The molecule has 1 aliphatic heterocycles. The van der Waals surface area contributed by atoms with Gasteiger partial charge in [0.15, 0.2) is 0 Å². The van der Waals surface area contributed by atoms with Crippen LogP contribution in [0, 0.1) is 0 Å².